The summed E-state index contributed by atoms with van der Waals surface area (Å²) in [7, 11) is 0. The molecule has 0 aliphatic rings. The molecule has 26 heavy (non-hydrogen) atoms. The average Bonchev–Trinajstić information content (AvgIpc) is 3.08. The van der Waals surface area contributed by atoms with Gasteiger partial charge in [-0.3, -0.25) is 0 Å². The Morgan fingerprint density at radius 2 is 1.69 bits per heavy atom. The van der Waals surface area contributed by atoms with Crippen molar-refractivity contribution in [3.63, 3.8) is 0 Å². The van der Waals surface area contributed by atoms with Crippen LogP contribution in [-0.4, -0.2) is 20.9 Å². The fourth-order valence-electron chi connectivity index (χ4n) is 2.85. The van der Waals surface area contributed by atoms with E-state index in [1.165, 1.54) is 10.9 Å². The molecule has 0 saturated carbocycles. The van der Waals surface area contributed by atoms with Gasteiger partial charge < -0.3 is 9.84 Å². The van der Waals surface area contributed by atoms with Crippen molar-refractivity contribution in [3.05, 3.63) is 90.3 Å². The average molecular weight is 344 g/mol. The lowest BCUT2D eigenvalue weighted by Gasteiger charge is -2.07. The van der Waals surface area contributed by atoms with Crippen LogP contribution < -0.4 is 0 Å². The van der Waals surface area contributed by atoms with E-state index in [0.29, 0.717) is 0 Å². The minimum absolute atomic E-state index is 0.103. The van der Waals surface area contributed by atoms with Gasteiger partial charge in [0.15, 0.2) is 5.75 Å². The zero-order chi connectivity index (χ0) is 17.9. The Balaban J connectivity index is 1.54. The SMILES string of the molecule is O=C(OCc1cccc2ccccc12)c1nn(-c2ccccc2)cc1O. The van der Waals surface area contributed by atoms with E-state index in [4.69, 9.17) is 4.74 Å². The second-order valence-corrected chi connectivity index (χ2v) is 5.86. The van der Waals surface area contributed by atoms with Gasteiger partial charge >= 0.3 is 5.97 Å². The topological polar surface area (TPSA) is 64.3 Å². The van der Waals surface area contributed by atoms with Crippen LogP contribution in [0, 0.1) is 0 Å². The summed E-state index contributed by atoms with van der Waals surface area (Å²) in [5, 5.41) is 16.3. The van der Waals surface area contributed by atoms with Crippen LogP contribution in [-0.2, 0) is 11.3 Å². The molecule has 0 fully saturated rings. The first-order valence-electron chi connectivity index (χ1n) is 8.20. The van der Waals surface area contributed by atoms with Gasteiger partial charge in [0, 0.05) is 0 Å². The number of rotatable bonds is 4. The number of nitrogens with zero attached hydrogens (tertiary/aromatic N) is 2. The second kappa shape index (κ2) is 6.72. The van der Waals surface area contributed by atoms with Gasteiger partial charge in [-0.05, 0) is 28.5 Å². The van der Waals surface area contributed by atoms with E-state index in [1.54, 1.807) is 0 Å². The van der Waals surface area contributed by atoms with E-state index < -0.39 is 5.97 Å². The smallest absolute Gasteiger partial charge is 0.363 e. The molecule has 4 aromatic rings. The summed E-state index contributed by atoms with van der Waals surface area (Å²) in [5.74, 6) is -0.873. The maximum atomic E-state index is 12.4. The second-order valence-electron chi connectivity index (χ2n) is 5.86. The van der Waals surface area contributed by atoms with Crippen molar-refractivity contribution < 1.29 is 14.6 Å². The molecule has 1 heterocycles. The van der Waals surface area contributed by atoms with Gasteiger partial charge in [-0.15, -0.1) is 0 Å². The Morgan fingerprint density at radius 3 is 2.54 bits per heavy atom. The molecule has 4 rings (SSSR count). The van der Waals surface area contributed by atoms with Crippen molar-refractivity contribution in [2.45, 2.75) is 6.61 Å². The van der Waals surface area contributed by atoms with E-state index in [-0.39, 0.29) is 18.1 Å². The van der Waals surface area contributed by atoms with Crippen molar-refractivity contribution in [2.24, 2.45) is 0 Å². The number of benzene rings is 3. The summed E-state index contributed by atoms with van der Waals surface area (Å²) in [4.78, 5) is 12.4. The van der Waals surface area contributed by atoms with Crippen LogP contribution in [0.2, 0.25) is 0 Å². The third-order valence-corrected chi connectivity index (χ3v) is 4.15. The molecule has 0 amide bonds. The number of carbonyl (C=O) groups is 1. The number of carbonyl (C=O) groups excluding carboxylic acids is 1. The van der Waals surface area contributed by atoms with Crippen LogP contribution in [0.1, 0.15) is 16.1 Å². The first kappa shape index (κ1) is 15.9. The van der Waals surface area contributed by atoms with Crippen molar-refractivity contribution in [1.82, 2.24) is 9.78 Å². The number of hydrogen-bond acceptors (Lipinski definition) is 4. The Morgan fingerprint density at radius 1 is 0.962 bits per heavy atom. The first-order chi connectivity index (χ1) is 12.7. The fourth-order valence-corrected chi connectivity index (χ4v) is 2.85. The van der Waals surface area contributed by atoms with Crippen LogP contribution in [0.3, 0.4) is 0 Å². The van der Waals surface area contributed by atoms with Crippen LogP contribution in [0.15, 0.2) is 79.0 Å². The molecule has 5 heteroatoms. The first-order valence-corrected chi connectivity index (χ1v) is 8.20. The molecule has 0 aliphatic carbocycles. The molecule has 128 valence electrons. The Bertz CT molecular complexity index is 1070. The van der Waals surface area contributed by atoms with Gasteiger partial charge in [-0.1, -0.05) is 60.7 Å². The van der Waals surface area contributed by atoms with Crippen molar-refractivity contribution in [3.8, 4) is 11.4 Å². The highest BCUT2D eigenvalue weighted by atomic mass is 16.5. The lowest BCUT2D eigenvalue weighted by atomic mass is 10.1. The summed E-state index contributed by atoms with van der Waals surface area (Å²) >= 11 is 0. The molecule has 0 atom stereocenters. The number of esters is 1. The van der Waals surface area contributed by atoms with Crippen molar-refractivity contribution in [2.75, 3.05) is 0 Å². The van der Waals surface area contributed by atoms with Crippen molar-refractivity contribution in [1.29, 1.82) is 0 Å². The van der Waals surface area contributed by atoms with Gasteiger partial charge in [-0.2, -0.15) is 5.10 Å². The molecule has 0 spiro atoms. The van der Waals surface area contributed by atoms with Gasteiger partial charge in [-0.25, -0.2) is 9.48 Å². The third-order valence-electron chi connectivity index (χ3n) is 4.15. The highest BCUT2D eigenvalue weighted by Crippen LogP contribution is 2.22. The third kappa shape index (κ3) is 3.02. The minimum Gasteiger partial charge on any atom is -0.504 e. The fraction of sp³-hybridized carbons (Fsp3) is 0.0476. The molecular weight excluding hydrogens is 328 g/mol. The van der Waals surface area contributed by atoms with Crippen molar-refractivity contribution >= 4 is 16.7 Å². The Kier molecular flexibility index (Phi) is 4.11. The maximum absolute atomic E-state index is 12.4. The maximum Gasteiger partial charge on any atom is 0.363 e. The highest BCUT2D eigenvalue weighted by molar-refractivity contribution is 5.90. The normalized spacial score (nSPS) is 10.8. The van der Waals surface area contributed by atoms with Gasteiger partial charge in [0.05, 0.1) is 11.9 Å². The summed E-state index contributed by atoms with van der Waals surface area (Å²) < 4.78 is 6.83. The number of hydrogen-bond donors (Lipinski definition) is 1. The van der Waals surface area contributed by atoms with E-state index >= 15 is 0 Å². The standard InChI is InChI=1S/C21H16N2O3/c24-19-13-23(17-10-2-1-3-11-17)22-20(19)21(25)26-14-16-9-6-8-15-7-4-5-12-18(15)16/h1-13,24H,14H2. The van der Waals surface area contributed by atoms with Gasteiger partial charge in [0.2, 0.25) is 5.69 Å². The van der Waals surface area contributed by atoms with Crippen LogP contribution in [0.4, 0.5) is 0 Å². The molecule has 0 bridgehead atoms. The minimum atomic E-state index is -0.662. The van der Waals surface area contributed by atoms with Crippen LogP contribution in [0.25, 0.3) is 16.5 Å². The monoisotopic (exact) mass is 344 g/mol. The molecule has 1 N–H and O–H groups in total. The number of aromatic hydroxyl groups is 1. The summed E-state index contributed by atoms with van der Waals surface area (Å²) in [6, 6.07) is 23.0. The lowest BCUT2D eigenvalue weighted by Crippen LogP contribution is -2.07. The molecule has 0 unspecified atom stereocenters. The van der Waals surface area contributed by atoms with E-state index in [2.05, 4.69) is 5.10 Å². The quantitative estimate of drug-likeness (QED) is 0.566. The van der Waals surface area contributed by atoms with E-state index in [9.17, 15) is 9.90 Å². The summed E-state index contributed by atoms with van der Waals surface area (Å²) in [6.07, 6.45) is 1.39. The molecule has 0 saturated heterocycles. The van der Waals surface area contributed by atoms with Crippen LogP contribution >= 0.6 is 0 Å². The Hall–Kier alpha value is -3.60. The molecule has 0 radical (unpaired) electrons. The van der Waals surface area contributed by atoms with Gasteiger partial charge in [0.25, 0.3) is 0 Å². The lowest BCUT2D eigenvalue weighted by molar-refractivity contribution is 0.0463. The number of fused-ring (bicyclic) bond motifs is 1. The number of aromatic nitrogens is 2. The molecule has 5 nitrogen and oxygen atoms in total. The van der Waals surface area contributed by atoms with E-state index in [0.717, 1.165) is 22.0 Å². The van der Waals surface area contributed by atoms with E-state index in [1.807, 2.05) is 72.8 Å². The number of ether oxygens (including phenoxy) is 1. The molecule has 0 aliphatic heterocycles. The van der Waals surface area contributed by atoms with Crippen LogP contribution in [0.5, 0.6) is 5.75 Å². The zero-order valence-corrected chi connectivity index (χ0v) is 13.9. The largest absolute Gasteiger partial charge is 0.504 e. The molecule has 3 aromatic carbocycles. The summed E-state index contributed by atoms with van der Waals surface area (Å²) in [5.41, 5.74) is 1.54. The molecule has 1 aromatic heterocycles. The van der Waals surface area contributed by atoms with Gasteiger partial charge in [0.1, 0.15) is 6.61 Å². The summed E-state index contributed by atoms with van der Waals surface area (Å²) in [6.45, 7) is 0.109. The Labute approximate surface area is 150 Å². The predicted octanol–water partition coefficient (Wildman–Crippen LogP) is 4.09. The molecular formula is C21H16N2O3. The predicted molar refractivity (Wildman–Crippen MR) is 98.3 cm³/mol. The number of para-hydroxylation sites is 1. The zero-order valence-electron chi connectivity index (χ0n) is 13.9. The highest BCUT2D eigenvalue weighted by Gasteiger charge is 2.19.